The number of hydrogen-bond acceptors (Lipinski definition) is 9. The van der Waals surface area contributed by atoms with Crippen molar-refractivity contribution in [3.05, 3.63) is 22.8 Å². The van der Waals surface area contributed by atoms with Gasteiger partial charge < -0.3 is 14.5 Å². The minimum Gasteiger partial charge on any atom is -0.378 e. The van der Waals surface area contributed by atoms with Gasteiger partial charge in [0.1, 0.15) is 4.21 Å². The molecule has 9 nitrogen and oxygen atoms in total. The first kappa shape index (κ1) is 19.0. The molecule has 2 aromatic heterocycles. The molecule has 3 heterocycles. The highest BCUT2D eigenvalue weighted by molar-refractivity contribution is 7.91. The Balaban J connectivity index is 1.81. The van der Waals surface area contributed by atoms with Crippen molar-refractivity contribution in [2.24, 2.45) is 0 Å². The van der Waals surface area contributed by atoms with E-state index in [1.807, 2.05) is 25.9 Å². The fourth-order valence-electron chi connectivity index (χ4n) is 2.37. The maximum Gasteiger partial charge on any atom is 0.250 e. The van der Waals surface area contributed by atoms with Crippen LogP contribution >= 0.6 is 11.3 Å². The van der Waals surface area contributed by atoms with Gasteiger partial charge in [-0.3, -0.25) is 0 Å². The zero-order valence-electron chi connectivity index (χ0n) is 15.0. The summed E-state index contributed by atoms with van der Waals surface area (Å²) in [6.45, 7) is 4.48. The normalized spacial score (nSPS) is 15.3. The number of hydrogen-bond donors (Lipinski definition) is 1. The molecule has 0 saturated carbocycles. The highest BCUT2D eigenvalue weighted by Gasteiger charge is 2.20. The number of aromatic nitrogens is 3. The predicted octanol–water partition coefficient (Wildman–Crippen LogP) is 0.623. The molecule has 0 unspecified atom stereocenters. The number of sulfonamides is 1. The summed E-state index contributed by atoms with van der Waals surface area (Å²) in [6.07, 6.45) is 0. The Labute approximate surface area is 157 Å². The number of thiophene rings is 1. The number of ether oxygens (including phenoxy) is 1. The highest BCUT2D eigenvalue weighted by Crippen LogP contribution is 2.21. The Morgan fingerprint density at radius 2 is 1.96 bits per heavy atom. The first-order valence-electron chi connectivity index (χ1n) is 8.16. The Kier molecular flexibility index (Phi) is 5.70. The zero-order valence-corrected chi connectivity index (χ0v) is 16.6. The fourth-order valence-corrected chi connectivity index (χ4v) is 4.67. The molecule has 0 atom stereocenters. The van der Waals surface area contributed by atoms with Gasteiger partial charge in [-0.2, -0.15) is 15.0 Å². The van der Waals surface area contributed by atoms with Gasteiger partial charge in [-0.05, 0) is 19.1 Å². The second-order valence-corrected chi connectivity index (χ2v) is 9.32. The summed E-state index contributed by atoms with van der Waals surface area (Å²) in [7, 11) is 0.0807. The van der Waals surface area contributed by atoms with E-state index in [2.05, 4.69) is 19.7 Å². The van der Waals surface area contributed by atoms with Gasteiger partial charge in [0.15, 0.2) is 5.82 Å². The molecule has 1 aliphatic rings. The second-order valence-electron chi connectivity index (χ2n) is 6.04. The van der Waals surface area contributed by atoms with E-state index in [9.17, 15) is 8.42 Å². The zero-order chi connectivity index (χ0) is 18.7. The SMILES string of the molecule is Cc1ccc(S(=O)(=O)NCc2nc(N(C)C)nc(N3CCOCC3)n2)s1. The van der Waals surface area contributed by atoms with Crippen LogP contribution in [0.3, 0.4) is 0 Å². The van der Waals surface area contributed by atoms with Crippen molar-refractivity contribution < 1.29 is 13.2 Å². The molecule has 2 aromatic rings. The number of morpholine rings is 1. The lowest BCUT2D eigenvalue weighted by Crippen LogP contribution is -2.38. The summed E-state index contributed by atoms with van der Waals surface area (Å²) in [6, 6.07) is 3.38. The molecule has 0 aliphatic carbocycles. The van der Waals surface area contributed by atoms with Crippen molar-refractivity contribution in [2.75, 3.05) is 50.2 Å². The number of rotatable bonds is 6. The summed E-state index contributed by atoms with van der Waals surface area (Å²) in [4.78, 5) is 18.0. The number of nitrogens with one attached hydrogen (secondary N) is 1. The van der Waals surface area contributed by atoms with Crippen LogP contribution in [0.4, 0.5) is 11.9 Å². The Hall–Kier alpha value is -1.82. The van der Waals surface area contributed by atoms with Gasteiger partial charge in [-0.15, -0.1) is 11.3 Å². The summed E-state index contributed by atoms with van der Waals surface area (Å²) in [5.41, 5.74) is 0. The predicted molar refractivity (Wildman–Crippen MR) is 100 cm³/mol. The van der Waals surface area contributed by atoms with Crippen LogP contribution in [-0.4, -0.2) is 63.8 Å². The van der Waals surface area contributed by atoms with Crippen molar-refractivity contribution in [3.8, 4) is 0 Å². The lowest BCUT2D eigenvalue weighted by molar-refractivity contribution is 0.122. The summed E-state index contributed by atoms with van der Waals surface area (Å²) in [5, 5.41) is 0. The Morgan fingerprint density at radius 1 is 1.23 bits per heavy atom. The number of aryl methyl sites for hydroxylation is 1. The molecule has 1 fully saturated rings. The van der Waals surface area contributed by atoms with Crippen molar-refractivity contribution in [3.63, 3.8) is 0 Å². The van der Waals surface area contributed by atoms with Gasteiger partial charge in [0.2, 0.25) is 21.9 Å². The first-order valence-corrected chi connectivity index (χ1v) is 10.5. The highest BCUT2D eigenvalue weighted by atomic mass is 32.2. The van der Waals surface area contributed by atoms with Crippen molar-refractivity contribution in [1.82, 2.24) is 19.7 Å². The van der Waals surface area contributed by atoms with E-state index in [-0.39, 0.29) is 10.8 Å². The van der Waals surface area contributed by atoms with Crippen LogP contribution in [0, 0.1) is 6.92 Å². The third-order valence-corrected chi connectivity index (χ3v) is 6.65. The maximum absolute atomic E-state index is 12.4. The van der Waals surface area contributed by atoms with E-state index < -0.39 is 10.0 Å². The van der Waals surface area contributed by atoms with Gasteiger partial charge in [-0.25, -0.2) is 13.1 Å². The van der Waals surface area contributed by atoms with E-state index in [0.29, 0.717) is 44.0 Å². The van der Waals surface area contributed by atoms with E-state index in [4.69, 9.17) is 4.74 Å². The number of anilines is 2. The molecule has 1 N–H and O–H groups in total. The third kappa shape index (κ3) is 4.47. The van der Waals surface area contributed by atoms with Crippen LogP contribution < -0.4 is 14.5 Å². The quantitative estimate of drug-likeness (QED) is 0.756. The summed E-state index contributed by atoms with van der Waals surface area (Å²) < 4.78 is 33.0. The topological polar surface area (TPSA) is 101 Å². The Morgan fingerprint density at radius 3 is 2.58 bits per heavy atom. The van der Waals surface area contributed by atoms with E-state index in [0.717, 1.165) is 4.88 Å². The fraction of sp³-hybridized carbons (Fsp3) is 0.533. The van der Waals surface area contributed by atoms with Crippen LogP contribution in [0.5, 0.6) is 0 Å². The molecule has 0 radical (unpaired) electrons. The smallest absolute Gasteiger partial charge is 0.250 e. The number of nitrogens with zero attached hydrogens (tertiary/aromatic N) is 5. The minimum atomic E-state index is -3.59. The average molecular weight is 399 g/mol. The average Bonchev–Trinajstić information content (AvgIpc) is 3.08. The molecule has 26 heavy (non-hydrogen) atoms. The van der Waals surface area contributed by atoms with Gasteiger partial charge >= 0.3 is 0 Å². The molecule has 1 saturated heterocycles. The molecule has 0 spiro atoms. The molecule has 0 amide bonds. The molecule has 0 bridgehead atoms. The van der Waals surface area contributed by atoms with Gasteiger partial charge in [0, 0.05) is 32.1 Å². The standard InChI is InChI=1S/C15H22N6O3S2/c1-11-4-5-13(25-11)26(22,23)16-10-12-17-14(20(2)3)19-15(18-12)21-6-8-24-9-7-21/h4-5,16H,6-10H2,1-3H3. The largest absolute Gasteiger partial charge is 0.378 e. The molecule has 11 heteroatoms. The van der Waals surface area contributed by atoms with Crippen molar-refractivity contribution >= 4 is 33.3 Å². The van der Waals surface area contributed by atoms with Gasteiger partial charge in [0.25, 0.3) is 0 Å². The van der Waals surface area contributed by atoms with Crippen LogP contribution in [0.25, 0.3) is 0 Å². The molecule has 3 rings (SSSR count). The van der Waals surface area contributed by atoms with Gasteiger partial charge in [0.05, 0.1) is 19.8 Å². The Bertz CT molecular complexity index is 862. The van der Waals surface area contributed by atoms with Crippen LogP contribution in [0.2, 0.25) is 0 Å². The molecular formula is C15H22N6O3S2. The van der Waals surface area contributed by atoms with Crippen LogP contribution in [0.15, 0.2) is 16.3 Å². The van der Waals surface area contributed by atoms with Crippen molar-refractivity contribution in [2.45, 2.75) is 17.7 Å². The lowest BCUT2D eigenvalue weighted by Gasteiger charge is -2.27. The van der Waals surface area contributed by atoms with Gasteiger partial charge in [-0.1, -0.05) is 0 Å². The van der Waals surface area contributed by atoms with E-state index >= 15 is 0 Å². The van der Waals surface area contributed by atoms with Crippen LogP contribution in [-0.2, 0) is 21.3 Å². The first-order chi connectivity index (χ1) is 12.3. The molecule has 0 aromatic carbocycles. The molecular weight excluding hydrogens is 376 g/mol. The van der Waals surface area contributed by atoms with Crippen LogP contribution in [0.1, 0.15) is 10.7 Å². The van der Waals surface area contributed by atoms with E-state index in [1.54, 1.807) is 17.0 Å². The minimum absolute atomic E-state index is 0.0000189. The third-order valence-electron chi connectivity index (χ3n) is 3.75. The maximum atomic E-state index is 12.4. The van der Waals surface area contributed by atoms with Crippen molar-refractivity contribution in [1.29, 1.82) is 0 Å². The monoisotopic (exact) mass is 398 g/mol. The second kappa shape index (κ2) is 7.82. The van der Waals surface area contributed by atoms with E-state index in [1.165, 1.54) is 11.3 Å². The lowest BCUT2D eigenvalue weighted by atomic mass is 10.4. The molecule has 142 valence electrons. The summed E-state index contributed by atoms with van der Waals surface area (Å²) in [5.74, 6) is 1.40. The summed E-state index contributed by atoms with van der Waals surface area (Å²) >= 11 is 1.23. The molecule has 1 aliphatic heterocycles.